The molecular weight excluding hydrogens is 301 g/mol. The lowest BCUT2D eigenvalue weighted by molar-refractivity contribution is -0.135. The molecule has 0 bridgehead atoms. The van der Waals surface area contributed by atoms with E-state index in [0.717, 1.165) is 16.6 Å². The molecular formula is C15H18ClF3N2. The Morgan fingerprint density at radius 2 is 2.00 bits per heavy atom. The van der Waals surface area contributed by atoms with Crippen molar-refractivity contribution < 1.29 is 13.2 Å². The minimum atomic E-state index is -4.09. The molecule has 0 N–H and O–H groups in total. The Balaban J connectivity index is 2.22. The van der Waals surface area contributed by atoms with Gasteiger partial charge in [0.05, 0.1) is 16.4 Å². The Labute approximate surface area is 126 Å². The maximum Gasteiger partial charge on any atom is 0.389 e. The zero-order valence-corrected chi connectivity index (χ0v) is 12.8. The van der Waals surface area contributed by atoms with Crippen LogP contribution in [0.25, 0.3) is 11.0 Å². The number of nitrogens with zero attached hydrogens (tertiary/aromatic N) is 2. The van der Waals surface area contributed by atoms with E-state index in [1.807, 2.05) is 36.6 Å². The Kier molecular flexibility index (Phi) is 4.81. The number of para-hydroxylation sites is 1. The fraction of sp³-hybridized carbons (Fsp3) is 0.533. The van der Waals surface area contributed by atoms with Crippen LogP contribution in [0.15, 0.2) is 18.2 Å². The van der Waals surface area contributed by atoms with Crippen molar-refractivity contribution in [3.8, 4) is 0 Å². The summed E-state index contributed by atoms with van der Waals surface area (Å²) in [6.07, 6.45) is -4.26. The molecule has 0 aliphatic heterocycles. The Morgan fingerprint density at radius 3 is 2.62 bits per heavy atom. The largest absolute Gasteiger partial charge is 0.389 e. The maximum atomic E-state index is 12.2. The summed E-state index contributed by atoms with van der Waals surface area (Å²) in [7, 11) is 0. The highest BCUT2D eigenvalue weighted by Gasteiger charge is 2.26. The fourth-order valence-corrected chi connectivity index (χ4v) is 2.68. The van der Waals surface area contributed by atoms with Crippen molar-refractivity contribution in [1.29, 1.82) is 0 Å². The van der Waals surface area contributed by atoms with Crippen LogP contribution in [0.1, 0.15) is 43.0 Å². The standard InChI is InChI=1S/C15H18ClF3N2/c1-10-6-5-7-12-13(10)21(14(20-12)11(2)16)9-4-3-8-15(17,18)19/h5-7,11H,3-4,8-9H2,1-2H3. The van der Waals surface area contributed by atoms with Gasteiger partial charge in [0.25, 0.3) is 0 Å². The van der Waals surface area contributed by atoms with Crippen molar-refractivity contribution in [2.45, 2.75) is 51.2 Å². The van der Waals surface area contributed by atoms with Gasteiger partial charge in [-0.15, -0.1) is 11.6 Å². The van der Waals surface area contributed by atoms with Gasteiger partial charge in [0.15, 0.2) is 0 Å². The average molecular weight is 319 g/mol. The molecule has 1 aromatic heterocycles. The number of aromatic nitrogens is 2. The molecule has 1 heterocycles. The molecule has 21 heavy (non-hydrogen) atoms. The number of benzene rings is 1. The molecule has 6 heteroatoms. The van der Waals surface area contributed by atoms with Gasteiger partial charge in [-0.2, -0.15) is 13.2 Å². The number of fused-ring (bicyclic) bond motifs is 1. The van der Waals surface area contributed by atoms with Gasteiger partial charge in [-0.1, -0.05) is 12.1 Å². The topological polar surface area (TPSA) is 17.8 Å². The fourth-order valence-electron chi connectivity index (χ4n) is 2.51. The molecule has 0 radical (unpaired) electrons. The molecule has 0 aliphatic rings. The van der Waals surface area contributed by atoms with Crippen LogP contribution in [0.3, 0.4) is 0 Å². The van der Waals surface area contributed by atoms with Crippen LogP contribution in [0, 0.1) is 6.92 Å². The molecule has 0 aliphatic carbocycles. The normalized spacial score (nSPS) is 13.8. The lowest BCUT2D eigenvalue weighted by Crippen LogP contribution is -2.09. The van der Waals surface area contributed by atoms with Gasteiger partial charge < -0.3 is 4.57 Å². The van der Waals surface area contributed by atoms with E-state index in [1.54, 1.807) is 0 Å². The summed E-state index contributed by atoms with van der Waals surface area (Å²) < 4.78 is 38.6. The number of hydrogen-bond acceptors (Lipinski definition) is 1. The number of aryl methyl sites for hydroxylation is 2. The van der Waals surface area contributed by atoms with Gasteiger partial charge in [-0.25, -0.2) is 4.98 Å². The van der Waals surface area contributed by atoms with Crippen LogP contribution in [-0.4, -0.2) is 15.7 Å². The van der Waals surface area contributed by atoms with Gasteiger partial charge >= 0.3 is 6.18 Å². The summed E-state index contributed by atoms with van der Waals surface area (Å²) in [5, 5.41) is -0.278. The Bertz CT molecular complexity index is 617. The second kappa shape index (κ2) is 6.26. The molecule has 1 atom stereocenters. The molecule has 2 rings (SSSR count). The van der Waals surface area contributed by atoms with E-state index in [0.29, 0.717) is 18.8 Å². The third kappa shape index (κ3) is 3.90. The number of unbranched alkanes of at least 4 members (excludes halogenated alkanes) is 1. The molecule has 2 aromatic rings. The predicted octanol–water partition coefficient (Wildman–Crippen LogP) is 5.38. The van der Waals surface area contributed by atoms with Crippen molar-refractivity contribution in [2.75, 3.05) is 0 Å². The van der Waals surface area contributed by atoms with E-state index in [1.165, 1.54) is 0 Å². The minimum absolute atomic E-state index is 0.116. The van der Waals surface area contributed by atoms with E-state index in [2.05, 4.69) is 4.98 Å². The lowest BCUT2D eigenvalue weighted by Gasteiger charge is -2.12. The van der Waals surface area contributed by atoms with Crippen molar-refractivity contribution >= 4 is 22.6 Å². The lowest BCUT2D eigenvalue weighted by atomic mass is 10.2. The summed E-state index contributed by atoms with van der Waals surface area (Å²) in [4.78, 5) is 4.51. The van der Waals surface area contributed by atoms with Gasteiger partial charge in [-0.05, 0) is 38.3 Å². The molecule has 0 amide bonds. The summed E-state index contributed by atoms with van der Waals surface area (Å²) >= 11 is 6.15. The van der Waals surface area contributed by atoms with Gasteiger partial charge in [0.1, 0.15) is 5.82 Å². The maximum absolute atomic E-state index is 12.2. The molecule has 2 nitrogen and oxygen atoms in total. The number of halogens is 4. The zero-order chi connectivity index (χ0) is 15.6. The van der Waals surface area contributed by atoms with Crippen LogP contribution >= 0.6 is 11.6 Å². The number of rotatable bonds is 5. The summed E-state index contributed by atoms with van der Waals surface area (Å²) in [6, 6.07) is 5.79. The highest BCUT2D eigenvalue weighted by Crippen LogP contribution is 2.28. The number of imidazole rings is 1. The Hall–Kier alpha value is -1.23. The van der Waals surface area contributed by atoms with Crippen LogP contribution in [0.4, 0.5) is 13.2 Å². The highest BCUT2D eigenvalue weighted by atomic mass is 35.5. The molecule has 0 spiro atoms. The second-order valence-electron chi connectivity index (χ2n) is 5.25. The van der Waals surface area contributed by atoms with E-state index in [-0.39, 0.29) is 11.8 Å². The number of alkyl halides is 4. The van der Waals surface area contributed by atoms with Crippen molar-refractivity contribution in [3.05, 3.63) is 29.6 Å². The molecule has 0 saturated carbocycles. The molecule has 0 saturated heterocycles. The molecule has 1 unspecified atom stereocenters. The smallest absolute Gasteiger partial charge is 0.327 e. The Morgan fingerprint density at radius 1 is 1.29 bits per heavy atom. The van der Waals surface area contributed by atoms with Crippen LogP contribution in [0.2, 0.25) is 0 Å². The highest BCUT2D eigenvalue weighted by molar-refractivity contribution is 6.20. The monoisotopic (exact) mass is 318 g/mol. The number of hydrogen-bond donors (Lipinski definition) is 0. The predicted molar refractivity (Wildman–Crippen MR) is 78.6 cm³/mol. The first kappa shape index (κ1) is 16.1. The van der Waals surface area contributed by atoms with E-state index in [9.17, 15) is 13.2 Å². The SMILES string of the molecule is Cc1cccc2nc(C(C)Cl)n(CCCCC(F)(F)F)c12. The minimum Gasteiger partial charge on any atom is -0.327 e. The van der Waals surface area contributed by atoms with Crippen LogP contribution < -0.4 is 0 Å². The van der Waals surface area contributed by atoms with Gasteiger partial charge in [-0.3, -0.25) is 0 Å². The van der Waals surface area contributed by atoms with Crippen molar-refractivity contribution in [2.24, 2.45) is 0 Å². The molecule has 0 fully saturated rings. The second-order valence-corrected chi connectivity index (χ2v) is 5.91. The molecule has 1 aromatic carbocycles. The quantitative estimate of drug-likeness (QED) is 0.535. The first-order valence-electron chi connectivity index (χ1n) is 6.96. The van der Waals surface area contributed by atoms with Gasteiger partial charge in [0.2, 0.25) is 0 Å². The van der Waals surface area contributed by atoms with Crippen LogP contribution in [-0.2, 0) is 6.54 Å². The van der Waals surface area contributed by atoms with E-state index < -0.39 is 12.6 Å². The third-order valence-electron chi connectivity index (χ3n) is 3.45. The summed E-state index contributed by atoms with van der Waals surface area (Å²) in [6.45, 7) is 4.30. The van der Waals surface area contributed by atoms with Crippen molar-refractivity contribution in [3.63, 3.8) is 0 Å². The van der Waals surface area contributed by atoms with Gasteiger partial charge in [0, 0.05) is 13.0 Å². The first-order chi connectivity index (χ1) is 9.79. The van der Waals surface area contributed by atoms with Crippen LogP contribution in [0.5, 0.6) is 0 Å². The average Bonchev–Trinajstić information content (AvgIpc) is 2.74. The summed E-state index contributed by atoms with van der Waals surface area (Å²) in [5.41, 5.74) is 2.86. The first-order valence-corrected chi connectivity index (χ1v) is 7.40. The zero-order valence-electron chi connectivity index (χ0n) is 12.0. The van der Waals surface area contributed by atoms with E-state index in [4.69, 9.17) is 11.6 Å². The van der Waals surface area contributed by atoms with Crippen molar-refractivity contribution in [1.82, 2.24) is 9.55 Å². The molecule has 116 valence electrons. The third-order valence-corrected chi connectivity index (χ3v) is 3.64. The summed E-state index contributed by atoms with van der Waals surface area (Å²) in [5.74, 6) is 0.716. The van der Waals surface area contributed by atoms with E-state index >= 15 is 0 Å².